The number of methoxy groups -OCH3 is 2. The van der Waals surface area contributed by atoms with Crippen molar-refractivity contribution in [2.24, 2.45) is 5.92 Å². The number of carbonyl (C=O) groups is 1. The number of carboxylic acids is 1. The molecular weight excluding hydrogens is 306 g/mol. The SMILES string of the molecule is CC[C@@H]1CN2CCc3cc(OC)c(OC)cc3[C@@H]2C/C1=C/C(=O)O. The van der Waals surface area contributed by atoms with Gasteiger partial charge in [0.05, 0.1) is 14.2 Å². The van der Waals surface area contributed by atoms with Gasteiger partial charge in [0, 0.05) is 25.2 Å². The normalized spacial score (nSPS) is 25.0. The summed E-state index contributed by atoms with van der Waals surface area (Å²) in [5, 5.41) is 9.19. The van der Waals surface area contributed by atoms with Crippen LogP contribution in [-0.4, -0.2) is 43.3 Å². The summed E-state index contributed by atoms with van der Waals surface area (Å²) in [6, 6.07) is 4.36. The third-order valence-electron chi connectivity index (χ3n) is 5.32. The molecule has 0 amide bonds. The van der Waals surface area contributed by atoms with Crippen molar-refractivity contribution >= 4 is 5.97 Å². The highest BCUT2D eigenvalue weighted by atomic mass is 16.5. The molecule has 0 radical (unpaired) electrons. The molecule has 2 heterocycles. The largest absolute Gasteiger partial charge is 0.493 e. The van der Waals surface area contributed by atoms with Crippen molar-refractivity contribution in [2.45, 2.75) is 32.2 Å². The molecular formula is C19H25NO4. The first-order valence-electron chi connectivity index (χ1n) is 8.49. The summed E-state index contributed by atoms with van der Waals surface area (Å²) < 4.78 is 10.9. The van der Waals surface area contributed by atoms with Gasteiger partial charge in [-0.05, 0) is 48.4 Å². The molecule has 24 heavy (non-hydrogen) atoms. The predicted molar refractivity (Wildman–Crippen MR) is 91.7 cm³/mol. The van der Waals surface area contributed by atoms with Gasteiger partial charge in [-0.25, -0.2) is 4.79 Å². The molecule has 2 aliphatic heterocycles. The molecule has 5 heteroatoms. The lowest BCUT2D eigenvalue weighted by molar-refractivity contribution is -0.131. The number of nitrogens with zero attached hydrogens (tertiary/aromatic N) is 1. The summed E-state index contributed by atoms with van der Waals surface area (Å²) in [7, 11) is 3.30. The van der Waals surface area contributed by atoms with Gasteiger partial charge in [0.15, 0.2) is 11.5 Å². The molecule has 2 aliphatic rings. The molecule has 130 valence electrons. The maximum absolute atomic E-state index is 11.2. The summed E-state index contributed by atoms with van der Waals surface area (Å²) in [6.07, 6.45) is 4.15. The summed E-state index contributed by atoms with van der Waals surface area (Å²) in [4.78, 5) is 13.7. The second kappa shape index (κ2) is 6.85. The van der Waals surface area contributed by atoms with Crippen LogP contribution >= 0.6 is 0 Å². The van der Waals surface area contributed by atoms with Gasteiger partial charge < -0.3 is 14.6 Å². The molecule has 0 saturated carbocycles. The maximum atomic E-state index is 11.2. The zero-order chi connectivity index (χ0) is 17.3. The van der Waals surface area contributed by atoms with Crippen LogP contribution in [0.5, 0.6) is 11.5 Å². The van der Waals surface area contributed by atoms with Crippen molar-refractivity contribution in [1.82, 2.24) is 4.90 Å². The molecule has 1 aromatic carbocycles. The summed E-state index contributed by atoms with van der Waals surface area (Å²) in [5.41, 5.74) is 3.57. The summed E-state index contributed by atoms with van der Waals surface area (Å²) in [6.45, 7) is 4.06. The number of ether oxygens (including phenoxy) is 2. The first-order chi connectivity index (χ1) is 11.6. The number of hydrogen-bond acceptors (Lipinski definition) is 4. The Morgan fingerprint density at radius 3 is 2.67 bits per heavy atom. The van der Waals surface area contributed by atoms with Crippen molar-refractivity contribution in [3.63, 3.8) is 0 Å². The van der Waals surface area contributed by atoms with Crippen LogP contribution < -0.4 is 9.47 Å². The first-order valence-corrected chi connectivity index (χ1v) is 8.49. The Hall–Kier alpha value is -2.01. The minimum Gasteiger partial charge on any atom is -0.493 e. The lowest BCUT2D eigenvalue weighted by Crippen LogP contribution is -2.43. The van der Waals surface area contributed by atoms with Gasteiger partial charge in [-0.3, -0.25) is 4.90 Å². The fourth-order valence-corrected chi connectivity index (χ4v) is 4.05. The highest BCUT2D eigenvalue weighted by molar-refractivity contribution is 5.80. The van der Waals surface area contributed by atoms with Gasteiger partial charge in [0.25, 0.3) is 0 Å². The van der Waals surface area contributed by atoms with Crippen LogP contribution in [0.25, 0.3) is 0 Å². The van der Waals surface area contributed by atoms with Crippen LogP contribution in [0.15, 0.2) is 23.8 Å². The third-order valence-corrected chi connectivity index (χ3v) is 5.32. The third kappa shape index (κ3) is 3.00. The van der Waals surface area contributed by atoms with Gasteiger partial charge in [-0.2, -0.15) is 0 Å². The molecule has 0 aromatic heterocycles. The van der Waals surface area contributed by atoms with Gasteiger partial charge in [0.1, 0.15) is 0 Å². The Morgan fingerprint density at radius 1 is 1.33 bits per heavy atom. The van der Waals surface area contributed by atoms with Crippen molar-refractivity contribution in [2.75, 3.05) is 27.3 Å². The van der Waals surface area contributed by atoms with Crippen LogP contribution in [-0.2, 0) is 11.2 Å². The monoisotopic (exact) mass is 331 g/mol. The molecule has 1 fully saturated rings. The summed E-state index contributed by atoms with van der Waals surface area (Å²) >= 11 is 0. The van der Waals surface area contributed by atoms with Gasteiger partial charge >= 0.3 is 5.97 Å². The number of fused-ring (bicyclic) bond motifs is 3. The van der Waals surface area contributed by atoms with Gasteiger partial charge in [-0.1, -0.05) is 12.5 Å². The van der Waals surface area contributed by atoms with Crippen LogP contribution in [0.3, 0.4) is 0 Å². The standard InChI is InChI=1S/C19H25NO4/c1-4-12-11-20-6-5-13-8-17(23-2)18(24-3)10-15(13)16(20)7-14(12)9-19(21)22/h8-10,12,16H,4-7,11H2,1-3H3,(H,21,22)/b14-9-/t12-,16+/m1/s1. The lowest BCUT2D eigenvalue weighted by Gasteiger charge is -2.44. The van der Waals surface area contributed by atoms with E-state index in [-0.39, 0.29) is 6.04 Å². The van der Waals surface area contributed by atoms with Crippen LogP contribution in [0, 0.1) is 5.92 Å². The number of aliphatic carboxylic acids is 1. The smallest absolute Gasteiger partial charge is 0.328 e. The van der Waals surface area contributed by atoms with Crippen molar-refractivity contribution in [1.29, 1.82) is 0 Å². The Labute approximate surface area is 142 Å². The van der Waals surface area contributed by atoms with Crippen LogP contribution in [0.4, 0.5) is 0 Å². The zero-order valence-electron chi connectivity index (χ0n) is 14.5. The van der Waals surface area contributed by atoms with E-state index in [1.54, 1.807) is 14.2 Å². The first kappa shape index (κ1) is 16.8. The topological polar surface area (TPSA) is 59.0 Å². The number of hydrogen-bond donors (Lipinski definition) is 1. The van der Waals surface area contributed by atoms with Gasteiger partial charge in [0.2, 0.25) is 0 Å². The molecule has 1 saturated heterocycles. The van der Waals surface area contributed by atoms with Gasteiger partial charge in [-0.15, -0.1) is 0 Å². The number of carboxylic acid groups (broad SMARTS) is 1. The van der Waals surface area contributed by atoms with Crippen LogP contribution in [0.1, 0.15) is 36.9 Å². The molecule has 1 aromatic rings. The van der Waals surface area contributed by atoms with E-state index >= 15 is 0 Å². The highest BCUT2D eigenvalue weighted by Gasteiger charge is 2.36. The second-order valence-corrected chi connectivity index (χ2v) is 6.53. The molecule has 3 rings (SSSR count). The molecule has 1 N–H and O–H groups in total. The molecule has 0 bridgehead atoms. The predicted octanol–water partition coefficient (Wildman–Crippen LogP) is 3.04. The van der Waals surface area contributed by atoms with E-state index in [4.69, 9.17) is 9.47 Å². The number of rotatable bonds is 4. The number of piperidine rings is 1. The Kier molecular flexibility index (Phi) is 4.81. The van der Waals surface area contributed by atoms with E-state index in [9.17, 15) is 9.90 Å². The van der Waals surface area contributed by atoms with E-state index in [1.807, 2.05) is 0 Å². The van der Waals surface area contributed by atoms with Crippen molar-refractivity contribution in [3.8, 4) is 11.5 Å². The Morgan fingerprint density at radius 2 is 2.04 bits per heavy atom. The average molecular weight is 331 g/mol. The van der Waals surface area contributed by atoms with E-state index in [0.29, 0.717) is 5.92 Å². The molecule has 0 aliphatic carbocycles. The Bertz CT molecular complexity index is 668. The molecule has 0 spiro atoms. The number of benzene rings is 1. The average Bonchev–Trinajstić information content (AvgIpc) is 2.59. The summed E-state index contributed by atoms with van der Waals surface area (Å²) in [5.74, 6) is 0.979. The van der Waals surface area contributed by atoms with Crippen LogP contribution in [0.2, 0.25) is 0 Å². The fraction of sp³-hybridized carbons (Fsp3) is 0.526. The fourth-order valence-electron chi connectivity index (χ4n) is 4.05. The van der Waals surface area contributed by atoms with E-state index in [0.717, 1.165) is 49.4 Å². The zero-order valence-corrected chi connectivity index (χ0v) is 14.5. The lowest BCUT2D eigenvalue weighted by atomic mass is 9.79. The molecule has 5 nitrogen and oxygen atoms in total. The minimum absolute atomic E-state index is 0.224. The quantitative estimate of drug-likeness (QED) is 0.859. The second-order valence-electron chi connectivity index (χ2n) is 6.53. The Balaban J connectivity index is 1.99. The van der Waals surface area contributed by atoms with E-state index < -0.39 is 5.97 Å². The van der Waals surface area contributed by atoms with Crippen molar-refractivity contribution < 1.29 is 19.4 Å². The van der Waals surface area contributed by atoms with E-state index in [2.05, 4.69) is 24.0 Å². The minimum atomic E-state index is -0.847. The van der Waals surface area contributed by atoms with E-state index in [1.165, 1.54) is 17.2 Å². The maximum Gasteiger partial charge on any atom is 0.328 e. The molecule has 0 unspecified atom stereocenters. The van der Waals surface area contributed by atoms with Crippen molar-refractivity contribution in [3.05, 3.63) is 34.9 Å². The molecule has 2 atom stereocenters. The highest BCUT2D eigenvalue weighted by Crippen LogP contribution is 2.44.